The fraction of sp³-hybridized carbons (Fsp3) is 0.333. The van der Waals surface area contributed by atoms with E-state index in [9.17, 15) is 0 Å². The second kappa shape index (κ2) is 29.8. The third kappa shape index (κ3) is 20.5. The van der Waals surface area contributed by atoms with Gasteiger partial charge in [0.2, 0.25) is 0 Å². The quantitative estimate of drug-likeness (QED) is 0.331. The van der Waals surface area contributed by atoms with Gasteiger partial charge >= 0.3 is 33.9 Å². The molecule has 0 unspecified atom stereocenters. The van der Waals surface area contributed by atoms with Gasteiger partial charge in [-0.15, -0.1) is 0 Å². The minimum Gasteiger partial charge on any atom is 0 e. The normalized spacial score (nSPS) is 9.83. The molecule has 0 saturated carbocycles. The average molecular weight is 292 g/mol. The van der Waals surface area contributed by atoms with Crippen LogP contribution in [0.4, 0.5) is 0 Å². The number of rotatable bonds is 5. The smallest absolute Gasteiger partial charge is 0 e. The van der Waals surface area contributed by atoms with E-state index < -0.39 is 0 Å². The number of hydrogen-bond donors (Lipinski definition) is 0. The van der Waals surface area contributed by atoms with Crippen molar-refractivity contribution in [2.45, 2.75) is 0 Å². The Balaban J connectivity index is -0.000000123. The summed E-state index contributed by atoms with van der Waals surface area (Å²) in [5.41, 5.74) is 1.22. The first kappa shape index (κ1) is 25.9. The molecule has 6 heteroatoms. The summed E-state index contributed by atoms with van der Waals surface area (Å²) in [7, 11) is 1.67. The number of hydrogen-bond acceptors (Lipinski definition) is 2. The van der Waals surface area contributed by atoms with Gasteiger partial charge in [0, 0.05) is 30.6 Å². The van der Waals surface area contributed by atoms with Crippen LogP contribution in [0.1, 0.15) is 0 Å². The molecule has 0 aromatic carbocycles. The fourth-order valence-electron chi connectivity index (χ4n) is 0.842. The third-order valence-electron chi connectivity index (χ3n) is 1.43. The van der Waals surface area contributed by atoms with Crippen molar-refractivity contribution in [2.24, 2.45) is 0 Å². The predicted molar refractivity (Wildman–Crippen MR) is 56.0 cm³/mol. The van der Waals surface area contributed by atoms with Gasteiger partial charge in [0.1, 0.15) is 0 Å². The Labute approximate surface area is 118 Å². The van der Waals surface area contributed by atoms with E-state index in [1.807, 2.05) is 24.6 Å². The van der Waals surface area contributed by atoms with E-state index in [1.54, 1.807) is 7.11 Å². The Morgan fingerprint density at radius 3 is 1.94 bits per heavy atom. The summed E-state index contributed by atoms with van der Waals surface area (Å²) in [6.45, 7) is 15.5. The summed E-state index contributed by atoms with van der Waals surface area (Å²) in [4.78, 5) is 0. The summed E-state index contributed by atoms with van der Waals surface area (Å²) in [5, 5.41) is 0. The SMILES string of the molecule is COCCOCC1=CC=C[CH]1.[C-]#[O+].[C-]#[O+].[C-]#[O+].[Mn]. The molecule has 1 aliphatic carbocycles. The van der Waals surface area contributed by atoms with Crippen molar-refractivity contribution in [2.75, 3.05) is 26.9 Å². The van der Waals surface area contributed by atoms with Gasteiger partial charge in [-0.3, -0.25) is 0 Å². The Morgan fingerprint density at radius 2 is 1.56 bits per heavy atom. The Morgan fingerprint density at radius 1 is 1.00 bits per heavy atom. The monoisotopic (exact) mass is 292 g/mol. The van der Waals surface area contributed by atoms with Crippen LogP contribution in [0, 0.1) is 26.4 Å². The number of ether oxygens (including phenoxy) is 2. The van der Waals surface area contributed by atoms with Gasteiger partial charge in [-0.25, -0.2) is 0 Å². The van der Waals surface area contributed by atoms with Crippen molar-refractivity contribution in [1.29, 1.82) is 0 Å². The number of methoxy groups -OCH3 is 1. The first-order chi connectivity index (χ1) is 8.43. The van der Waals surface area contributed by atoms with Gasteiger partial charge in [0.25, 0.3) is 0 Å². The Hall–Kier alpha value is -0.861. The molecule has 0 fully saturated rings. The Bertz CT molecular complexity index is 251. The van der Waals surface area contributed by atoms with Crippen molar-refractivity contribution in [3.8, 4) is 0 Å². The van der Waals surface area contributed by atoms with Crippen molar-refractivity contribution >= 4 is 0 Å². The molecule has 5 nitrogen and oxygen atoms in total. The van der Waals surface area contributed by atoms with Crippen LogP contribution < -0.4 is 0 Å². The molecule has 98 valence electrons. The Kier molecular flexibility index (Phi) is 42.8. The van der Waals surface area contributed by atoms with E-state index in [4.69, 9.17) is 23.4 Å². The van der Waals surface area contributed by atoms with E-state index in [0.717, 1.165) is 0 Å². The van der Waals surface area contributed by atoms with Gasteiger partial charge in [-0.2, -0.15) is 0 Å². The molecule has 0 atom stereocenters. The number of allylic oxidation sites excluding steroid dienone is 3. The molecule has 1 aliphatic rings. The predicted octanol–water partition coefficient (Wildman–Crippen LogP) is 1.23. The molecule has 0 spiro atoms. The van der Waals surface area contributed by atoms with Gasteiger partial charge in [-0.05, 0) is 5.57 Å². The summed E-state index contributed by atoms with van der Waals surface area (Å²) >= 11 is 0. The minimum atomic E-state index is 0. The molecular weight excluding hydrogens is 279 g/mol. The second-order valence-corrected chi connectivity index (χ2v) is 2.34. The van der Waals surface area contributed by atoms with Crippen molar-refractivity contribution in [3.63, 3.8) is 0 Å². The molecule has 0 aromatic rings. The van der Waals surface area contributed by atoms with Crippen LogP contribution in [-0.4, -0.2) is 26.9 Å². The largest absolute Gasteiger partial charge is 0 e. The van der Waals surface area contributed by atoms with Crippen LogP contribution in [0.3, 0.4) is 0 Å². The molecule has 0 aromatic heterocycles. The molecule has 0 amide bonds. The van der Waals surface area contributed by atoms with E-state index in [1.165, 1.54) is 5.57 Å². The average Bonchev–Trinajstić information content (AvgIpc) is 2.95. The first-order valence-electron chi connectivity index (χ1n) is 4.32. The summed E-state index contributed by atoms with van der Waals surface area (Å²) in [5.74, 6) is 0. The molecule has 0 heterocycles. The van der Waals surface area contributed by atoms with Crippen LogP contribution in [-0.2, 0) is 40.5 Å². The van der Waals surface area contributed by atoms with Gasteiger partial charge in [-0.1, -0.05) is 18.2 Å². The van der Waals surface area contributed by atoms with Crippen molar-refractivity contribution < 1.29 is 40.5 Å². The van der Waals surface area contributed by atoms with Crippen LogP contribution in [0.5, 0.6) is 0 Å². The molecule has 0 aliphatic heterocycles. The van der Waals surface area contributed by atoms with E-state index in [2.05, 4.69) is 20.0 Å². The third-order valence-corrected chi connectivity index (χ3v) is 1.43. The van der Waals surface area contributed by atoms with Crippen molar-refractivity contribution in [1.82, 2.24) is 0 Å². The van der Waals surface area contributed by atoms with E-state index >= 15 is 0 Å². The summed E-state index contributed by atoms with van der Waals surface area (Å²) in [6, 6.07) is 0. The standard InChI is InChI=1S/C9H13O2.3CO.Mn/c1-10-6-7-11-8-9-4-2-3-5-9;3*1-2;/h2-5H,6-8H2,1H3;;;;. The summed E-state index contributed by atoms with van der Waals surface area (Å²) in [6.07, 6.45) is 8.11. The maximum absolute atomic E-state index is 7.50. The first-order valence-corrected chi connectivity index (χ1v) is 4.32. The van der Waals surface area contributed by atoms with Crippen LogP contribution in [0.2, 0.25) is 0 Å². The molecule has 2 radical (unpaired) electrons. The fourth-order valence-corrected chi connectivity index (χ4v) is 0.842. The molecule has 18 heavy (non-hydrogen) atoms. The molecule has 1 rings (SSSR count). The molecule has 0 saturated heterocycles. The van der Waals surface area contributed by atoms with Crippen LogP contribution >= 0.6 is 0 Å². The van der Waals surface area contributed by atoms with E-state index in [0.29, 0.717) is 19.8 Å². The maximum Gasteiger partial charge on any atom is 0 e. The van der Waals surface area contributed by atoms with E-state index in [-0.39, 0.29) is 17.1 Å². The van der Waals surface area contributed by atoms with Gasteiger partial charge < -0.3 is 9.47 Å². The molecular formula is C12H13MnO5. The minimum absolute atomic E-state index is 0. The van der Waals surface area contributed by atoms with Crippen LogP contribution in [0.25, 0.3) is 0 Å². The second-order valence-electron chi connectivity index (χ2n) is 2.34. The molecule has 0 N–H and O–H groups in total. The van der Waals surface area contributed by atoms with Gasteiger partial charge in [0.15, 0.2) is 0 Å². The zero-order chi connectivity index (χ0) is 13.9. The molecule has 0 bridgehead atoms. The maximum atomic E-state index is 7.50. The van der Waals surface area contributed by atoms with Crippen molar-refractivity contribution in [3.05, 3.63) is 50.2 Å². The van der Waals surface area contributed by atoms with Gasteiger partial charge in [0.05, 0.1) is 19.8 Å². The zero-order valence-corrected chi connectivity index (χ0v) is 11.0. The zero-order valence-electron chi connectivity index (χ0n) is 9.85. The van der Waals surface area contributed by atoms with Crippen LogP contribution in [0.15, 0.2) is 23.8 Å². The summed E-state index contributed by atoms with van der Waals surface area (Å²) < 4.78 is 32.6. The topological polar surface area (TPSA) is 78.2 Å².